The van der Waals surface area contributed by atoms with E-state index < -0.39 is 39.8 Å². The zero-order valence-electron chi connectivity index (χ0n) is 17.2. The minimum atomic E-state index is -3.90. The Balaban J connectivity index is 1.94. The summed E-state index contributed by atoms with van der Waals surface area (Å²) in [5.41, 5.74) is -1.77. The third-order valence-electron chi connectivity index (χ3n) is 4.20. The maximum Gasteiger partial charge on any atom is 0.328 e. The summed E-state index contributed by atoms with van der Waals surface area (Å²) in [5, 5.41) is 0. The molecule has 8 nitrogen and oxygen atoms in total. The number of aromatic nitrogens is 2. The van der Waals surface area contributed by atoms with Crippen molar-refractivity contribution in [1.82, 2.24) is 14.3 Å². The Hall–Kier alpha value is -2.79. The molecule has 2 N–H and O–H groups in total. The van der Waals surface area contributed by atoms with Gasteiger partial charge in [0.05, 0.1) is 4.90 Å². The second-order valence-corrected chi connectivity index (χ2v) is 9.12. The summed E-state index contributed by atoms with van der Waals surface area (Å²) in [7, 11) is -3.90. The number of H-pyrrole nitrogens is 1. The van der Waals surface area contributed by atoms with E-state index in [2.05, 4.69) is 9.71 Å². The maximum absolute atomic E-state index is 12.7. The maximum atomic E-state index is 12.7. The number of aromatic amines is 1. The highest BCUT2D eigenvalue weighted by Gasteiger charge is 2.26. The molecule has 0 atom stereocenters. The molecule has 0 amide bonds. The third-order valence-corrected chi connectivity index (χ3v) is 5.90. The van der Waals surface area contributed by atoms with Crippen LogP contribution in [0, 0.1) is 0 Å². The van der Waals surface area contributed by atoms with E-state index in [9.17, 15) is 26.8 Å². The monoisotopic (exact) mass is 457 g/mol. The molecule has 1 heterocycles. The summed E-state index contributed by atoms with van der Waals surface area (Å²) < 4.78 is 58.8. The van der Waals surface area contributed by atoms with Gasteiger partial charge in [-0.3, -0.25) is 14.3 Å². The van der Waals surface area contributed by atoms with Crippen LogP contribution >= 0.6 is 0 Å². The van der Waals surface area contributed by atoms with Crippen LogP contribution in [0.3, 0.4) is 0 Å². The molecule has 1 aromatic heterocycles. The van der Waals surface area contributed by atoms with Gasteiger partial charge in [0.2, 0.25) is 10.0 Å². The first-order chi connectivity index (χ1) is 14.5. The third kappa shape index (κ3) is 8.10. The molecular formula is C20H25F2N3O5S. The van der Waals surface area contributed by atoms with Gasteiger partial charge in [-0.2, -0.15) is 0 Å². The largest absolute Gasteiger partial charge is 0.488 e. The van der Waals surface area contributed by atoms with Crippen molar-refractivity contribution >= 4 is 10.0 Å². The zero-order chi connectivity index (χ0) is 23.1. The summed E-state index contributed by atoms with van der Waals surface area (Å²) in [6.45, 7) is 2.90. The lowest BCUT2D eigenvalue weighted by Crippen LogP contribution is -2.43. The van der Waals surface area contributed by atoms with Crippen molar-refractivity contribution < 1.29 is 21.9 Å². The van der Waals surface area contributed by atoms with Crippen LogP contribution in [0.1, 0.15) is 26.7 Å². The molecule has 0 bridgehead atoms. The standard InChI is InChI=1S/C20H25F2N3O5S/c1-20(2,10-4-3-5-11-25-12-9-18(26)23-19(25)27)24-31(28,29)16-8-6-7-15(13-16)30-14-17(21)22/h3,5-9,12-13,17,24H,4,10-11,14H2,1-2H3,(H,23,26,27)/b5-3+. The molecule has 0 aliphatic heterocycles. The van der Waals surface area contributed by atoms with Crippen LogP contribution < -0.4 is 20.7 Å². The summed E-state index contributed by atoms with van der Waals surface area (Å²) in [6.07, 6.45) is 3.28. The average molecular weight is 457 g/mol. The van der Waals surface area contributed by atoms with Gasteiger partial charge in [-0.1, -0.05) is 18.2 Å². The molecule has 0 aliphatic rings. The van der Waals surface area contributed by atoms with E-state index in [1.54, 1.807) is 19.9 Å². The molecule has 0 spiro atoms. The topological polar surface area (TPSA) is 110 Å². The number of benzene rings is 1. The normalized spacial score (nSPS) is 12.5. The summed E-state index contributed by atoms with van der Waals surface area (Å²) >= 11 is 0. The number of hydrogen-bond acceptors (Lipinski definition) is 5. The highest BCUT2D eigenvalue weighted by Crippen LogP contribution is 2.21. The van der Waals surface area contributed by atoms with Crippen LogP contribution in [-0.4, -0.2) is 36.5 Å². The van der Waals surface area contributed by atoms with Crippen molar-refractivity contribution in [1.29, 1.82) is 0 Å². The predicted octanol–water partition coefficient (Wildman–Crippen LogP) is 2.27. The lowest BCUT2D eigenvalue weighted by molar-refractivity contribution is 0.0818. The van der Waals surface area contributed by atoms with E-state index in [0.29, 0.717) is 12.8 Å². The molecule has 170 valence electrons. The Morgan fingerprint density at radius 1 is 1.23 bits per heavy atom. The fraction of sp³-hybridized carbons (Fsp3) is 0.400. The molecule has 0 fully saturated rings. The molecule has 0 radical (unpaired) electrons. The molecule has 2 aromatic rings. The minimum absolute atomic E-state index is 0.0430. The van der Waals surface area contributed by atoms with Gasteiger partial charge in [-0.05, 0) is 38.8 Å². The first kappa shape index (κ1) is 24.5. The van der Waals surface area contributed by atoms with E-state index in [4.69, 9.17) is 4.74 Å². The number of allylic oxidation sites excluding steroid dienone is 2. The summed E-state index contributed by atoms with van der Waals surface area (Å²) in [6, 6.07) is 6.63. The number of nitrogens with one attached hydrogen (secondary N) is 2. The van der Waals surface area contributed by atoms with Gasteiger partial charge in [0.1, 0.15) is 12.4 Å². The van der Waals surface area contributed by atoms with E-state index in [-0.39, 0.29) is 17.2 Å². The zero-order valence-corrected chi connectivity index (χ0v) is 18.0. The fourth-order valence-corrected chi connectivity index (χ4v) is 4.18. The number of halogens is 2. The highest BCUT2D eigenvalue weighted by molar-refractivity contribution is 7.89. The molecule has 31 heavy (non-hydrogen) atoms. The number of rotatable bonds is 11. The van der Waals surface area contributed by atoms with Crippen molar-refractivity contribution in [3.63, 3.8) is 0 Å². The minimum Gasteiger partial charge on any atom is -0.488 e. The van der Waals surface area contributed by atoms with Crippen molar-refractivity contribution in [2.24, 2.45) is 0 Å². The SMILES string of the molecule is CC(C)(CC/C=C/Cn1ccc(=O)[nH]c1=O)NS(=O)(=O)c1cccc(OCC(F)F)c1. The van der Waals surface area contributed by atoms with Crippen LogP contribution in [-0.2, 0) is 16.6 Å². The molecular weight excluding hydrogens is 432 g/mol. The Bertz CT molecular complexity index is 1120. The van der Waals surface area contributed by atoms with Crippen molar-refractivity contribution in [2.45, 2.75) is 50.1 Å². The number of hydrogen-bond donors (Lipinski definition) is 2. The van der Waals surface area contributed by atoms with E-state index in [0.717, 1.165) is 0 Å². The Labute approximate surface area is 178 Å². The van der Waals surface area contributed by atoms with E-state index in [1.165, 1.54) is 41.1 Å². The Kier molecular flexibility index (Phi) is 8.28. The Morgan fingerprint density at radius 3 is 2.65 bits per heavy atom. The van der Waals surface area contributed by atoms with Gasteiger partial charge in [0, 0.05) is 30.4 Å². The molecule has 0 saturated heterocycles. The predicted molar refractivity (Wildman–Crippen MR) is 112 cm³/mol. The second-order valence-electron chi connectivity index (χ2n) is 7.44. The van der Waals surface area contributed by atoms with Crippen molar-refractivity contribution in [3.8, 4) is 5.75 Å². The fourth-order valence-electron chi connectivity index (χ4n) is 2.70. The lowest BCUT2D eigenvalue weighted by atomic mass is 10.00. The van der Waals surface area contributed by atoms with E-state index >= 15 is 0 Å². The number of nitrogens with zero attached hydrogens (tertiary/aromatic N) is 1. The number of sulfonamides is 1. The van der Waals surface area contributed by atoms with Crippen molar-refractivity contribution in [3.05, 3.63) is 69.5 Å². The van der Waals surface area contributed by atoms with Crippen LogP contribution in [0.25, 0.3) is 0 Å². The highest BCUT2D eigenvalue weighted by atomic mass is 32.2. The Morgan fingerprint density at radius 2 is 1.97 bits per heavy atom. The smallest absolute Gasteiger partial charge is 0.328 e. The molecule has 1 aromatic carbocycles. The summed E-state index contributed by atoms with van der Waals surface area (Å²) in [5.74, 6) is 0.0430. The van der Waals surface area contributed by atoms with Crippen LogP contribution in [0.5, 0.6) is 5.75 Å². The van der Waals surface area contributed by atoms with Gasteiger partial charge < -0.3 is 4.74 Å². The van der Waals surface area contributed by atoms with Gasteiger partial charge in [0.15, 0.2) is 0 Å². The molecule has 2 rings (SSSR count). The first-order valence-electron chi connectivity index (χ1n) is 9.48. The molecule has 0 saturated carbocycles. The average Bonchev–Trinajstić information content (AvgIpc) is 2.67. The van der Waals surface area contributed by atoms with Crippen molar-refractivity contribution in [2.75, 3.05) is 6.61 Å². The van der Waals surface area contributed by atoms with Crippen LogP contribution in [0.15, 0.2) is 63.2 Å². The van der Waals surface area contributed by atoms with Gasteiger partial charge >= 0.3 is 5.69 Å². The molecule has 11 heteroatoms. The van der Waals surface area contributed by atoms with Crippen LogP contribution in [0.4, 0.5) is 8.78 Å². The van der Waals surface area contributed by atoms with Gasteiger partial charge in [-0.15, -0.1) is 0 Å². The second kappa shape index (κ2) is 10.5. The lowest BCUT2D eigenvalue weighted by Gasteiger charge is -2.25. The van der Waals surface area contributed by atoms with Crippen LogP contribution in [0.2, 0.25) is 0 Å². The number of ether oxygens (including phenoxy) is 1. The summed E-state index contributed by atoms with van der Waals surface area (Å²) in [4.78, 5) is 24.7. The first-order valence-corrected chi connectivity index (χ1v) is 11.0. The van der Waals surface area contributed by atoms with Gasteiger partial charge in [-0.25, -0.2) is 26.7 Å². The van der Waals surface area contributed by atoms with E-state index in [1.807, 2.05) is 6.08 Å². The molecule has 0 unspecified atom stereocenters. The van der Waals surface area contributed by atoms with Gasteiger partial charge in [0.25, 0.3) is 12.0 Å². The number of alkyl halides is 2. The quantitative estimate of drug-likeness (QED) is 0.503. The molecule has 0 aliphatic carbocycles.